The Hall–Kier alpha value is -1.69. The highest BCUT2D eigenvalue weighted by atomic mass is 16.5. The van der Waals surface area contributed by atoms with Gasteiger partial charge in [0.15, 0.2) is 0 Å². The van der Waals surface area contributed by atoms with Crippen LogP contribution in [-0.4, -0.2) is 46.3 Å². The fourth-order valence-electron chi connectivity index (χ4n) is 2.79. The predicted molar refractivity (Wildman–Crippen MR) is 63.2 cm³/mol. The number of aromatic amines is 1. The number of nitrogens with zero attached hydrogens (tertiary/aromatic N) is 2. The van der Waals surface area contributed by atoms with Crippen molar-refractivity contribution in [1.82, 2.24) is 15.1 Å². The summed E-state index contributed by atoms with van der Waals surface area (Å²) in [6, 6.07) is 2.77. The molecule has 0 aromatic carbocycles. The van der Waals surface area contributed by atoms with Crippen molar-refractivity contribution in [3.63, 3.8) is 0 Å². The normalized spacial score (nSPS) is 30.5. The van der Waals surface area contributed by atoms with Crippen molar-refractivity contribution in [1.29, 1.82) is 0 Å². The Kier molecular flexibility index (Phi) is 2.66. The number of aromatic nitrogens is 2. The number of hydrogen-bond donors (Lipinski definition) is 1. The lowest BCUT2D eigenvalue weighted by molar-refractivity contribution is 0.0441. The van der Waals surface area contributed by atoms with E-state index in [2.05, 4.69) is 17.1 Å². The molecule has 0 unspecified atom stereocenters. The predicted octanol–water partition coefficient (Wildman–Crippen LogP) is 0.0193. The Morgan fingerprint density at radius 1 is 1.50 bits per heavy atom. The SMILES string of the molecule is C[C@H]1C[C@@H]2CN(C(=O)c3ccc(=O)[nH]n3)C[C@@H]2O1. The van der Waals surface area contributed by atoms with Crippen LogP contribution >= 0.6 is 0 Å². The molecule has 3 atom stereocenters. The standard InChI is InChI=1S/C12H15N3O3/c1-7-4-8-5-15(6-10(8)18-7)12(17)9-2-3-11(16)14-13-9/h2-3,7-8,10H,4-6H2,1H3,(H,14,16)/t7-,8+,10-/m0/s1. The van der Waals surface area contributed by atoms with Gasteiger partial charge in [-0.1, -0.05) is 0 Å². The Balaban J connectivity index is 1.72. The fourth-order valence-corrected chi connectivity index (χ4v) is 2.79. The molecular weight excluding hydrogens is 234 g/mol. The topological polar surface area (TPSA) is 75.3 Å². The molecule has 0 aliphatic carbocycles. The van der Waals surface area contributed by atoms with Crippen LogP contribution in [0, 0.1) is 5.92 Å². The van der Waals surface area contributed by atoms with Crippen molar-refractivity contribution in [2.24, 2.45) is 5.92 Å². The van der Waals surface area contributed by atoms with Gasteiger partial charge >= 0.3 is 0 Å². The van der Waals surface area contributed by atoms with E-state index in [4.69, 9.17) is 4.74 Å². The van der Waals surface area contributed by atoms with Crippen LogP contribution < -0.4 is 5.56 Å². The molecular formula is C12H15N3O3. The van der Waals surface area contributed by atoms with Crippen LogP contribution in [0.1, 0.15) is 23.8 Å². The monoisotopic (exact) mass is 249 g/mol. The number of hydrogen-bond acceptors (Lipinski definition) is 4. The first kappa shape index (κ1) is 11.4. The van der Waals surface area contributed by atoms with E-state index in [0.29, 0.717) is 25.1 Å². The van der Waals surface area contributed by atoms with Crippen molar-refractivity contribution in [3.05, 3.63) is 28.2 Å². The van der Waals surface area contributed by atoms with Gasteiger partial charge in [-0.15, -0.1) is 0 Å². The minimum atomic E-state index is -0.304. The smallest absolute Gasteiger partial charge is 0.274 e. The third kappa shape index (κ3) is 1.92. The number of amides is 1. The summed E-state index contributed by atoms with van der Waals surface area (Å²) in [5, 5.41) is 6.04. The second kappa shape index (κ2) is 4.20. The average Bonchev–Trinajstić information content (AvgIpc) is 2.86. The second-order valence-corrected chi connectivity index (χ2v) is 5.00. The number of likely N-dealkylation sites (tertiary alicyclic amines) is 1. The summed E-state index contributed by atoms with van der Waals surface area (Å²) in [5.41, 5.74) is -0.0235. The number of carbonyl (C=O) groups excluding carboxylic acids is 1. The molecule has 3 heterocycles. The summed E-state index contributed by atoms with van der Waals surface area (Å²) in [5.74, 6) is 0.295. The van der Waals surface area contributed by atoms with Crippen LogP contribution in [0.5, 0.6) is 0 Å². The van der Waals surface area contributed by atoms with Crippen LogP contribution in [0.2, 0.25) is 0 Å². The number of H-pyrrole nitrogens is 1. The lowest BCUT2D eigenvalue weighted by Gasteiger charge is -2.17. The molecule has 1 aromatic rings. The zero-order valence-corrected chi connectivity index (χ0v) is 10.1. The Labute approximate surface area is 104 Å². The van der Waals surface area contributed by atoms with Crippen molar-refractivity contribution in [3.8, 4) is 0 Å². The lowest BCUT2D eigenvalue weighted by Crippen LogP contribution is -2.32. The Morgan fingerprint density at radius 2 is 2.33 bits per heavy atom. The maximum absolute atomic E-state index is 12.2. The molecule has 2 aliphatic heterocycles. The molecule has 2 aliphatic rings. The molecule has 96 valence electrons. The molecule has 0 bridgehead atoms. The van der Waals surface area contributed by atoms with Gasteiger partial charge in [-0.3, -0.25) is 9.59 Å². The summed E-state index contributed by atoms with van der Waals surface area (Å²) < 4.78 is 5.75. The molecule has 1 amide bonds. The summed E-state index contributed by atoms with van der Waals surface area (Å²) in [7, 11) is 0. The first-order valence-electron chi connectivity index (χ1n) is 6.14. The van der Waals surface area contributed by atoms with Crippen LogP contribution in [0.3, 0.4) is 0 Å². The minimum absolute atomic E-state index is 0.142. The van der Waals surface area contributed by atoms with E-state index in [1.165, 1.54) is 12.1 Å². The van der Waals surface area contributed by atoms with Crippen molar-refractivity contribution >= 4 is 5.91 Å². The van der Waals surface area contributed by atoms with Crippen LogP contribution in [0.4, 0.5) is 0 Å². The van der Waals surface area contributed by atoms with E-state index in [0.717, 1.165) is 6.42 Å². The fraction of sp³-hybridized carbons (Fsp3) is 0.583. The molecule has 1 N–H and O–H groups in total. The third-order valence-corrected chi connectivity index (χ3v) is 3.61. The maximum Gasteiger partial charge on any atom is 0.274 e. The number of carbonyl (C=O) groups is 1. The maximum atomic E-state index is 12.2. The molecule has 6 nitrogen and oxygen atoms in total. The zero-order valence-electron chi connectivity index (χ0n) is 10.1. The highest BCUT2D eigenvalue weighted by Crippen LogP contribution is 2.33. The molecule has 18 heavy (non-hydrogen) atoms. The Bertz CT molecular complexity index is 493. The van der Waals surface area contributed by atoms with Crippen LogP contribution in [-0.2, 0) is 4.74 Å². The van der Waals surface area contributed by atoms with Crippen molar-refractivity contribution in [2.45, 2.75) is 25.6 Å². The van der Waals surface area contributed by atoms with E-state index in [1.54, 1.807) is 4.90 Å². The number of rotatable bonds is 1. The van der Waals surface area contributed by atoms with Crippen molar-refractivity contribution in [2.75, 3.05) is 13.1 Å². The van der Waals surface area contributed by atoms with Gasteiger partial charge in [0.2, 0.25) is 0 Å². The van der Waals surface area contributed by atoms with Gasteiger partial charge in [0.05, 0.1) is 12.2 Å². The molecule has 6 heteroatoms. The lowest BCUT2D eigenvalue weighted by atomic mass is 10.0. The molecule has 2 saturated heterocycles. The van der Waals surface area contributed by atoms with Gasteiger partial charge in [0, 0.05) is 25.1 Å². The van der Waals surface area contributed by atoms with E-state index in [9.17, 15) is 9.59 Å². The molecule has 0 spiro atoms. The Morgan fingerprint density at radius 3 is 3.00 bits per heavy atom. The summed E-state index contributed by atoms with van der Waals surface area (Å²) >= 11 is 0. The molecule has 0 radical (unpaired) electrons. The summed E-state index contributed by atoms with van der Waals surface area (Å²) in [6.45, 7) is 3.40. The second-order valence-electron chi connectivity index (χ2n) is 5.00. The van der Waals surface area contributed by atoms with Gasteiger partial charge in [-0.25, -0.2) is 5.10 Å². The number of ether oxygens (including phenoxy) is 1. The molecule has 0 saturated carbocycles. The van der Waals surface area contributed by atoms with Gasteiger partial charge < -0.3 is 9.64 Å². The van der Waals surface area contributed by atoms with Crippen LogP contribution in [0.25, 0.3) is 0 Å². The van der Waals surface area contributed by atoms with E-state index < -0.39 is 0 Å². The van der Waals surface area contributed by atoms with E-state index >= 15 is 0 Å². The first-order chi connectivity index (χ1) is 8.63. The van der Waals surface area contributed by atoms with Gasteiger partial charge in [0.25, 0.3) is 11.5 Å². The highest BCUT2D eigenvalue weighted by molar-refractivity contribution is 5.92. The van der Waals surface area contributed by atoms with Gasteiger partial charge in [0.1, 0.15) is 5.69 Å². The first-order valence-corrected chi connectivity index (χ1v) is 6.14. The van der Waals surface area contributed by atoms with Crippen molar-refractivity contribution < 1.29 is 9.53 Å². The zero-order chi connectivity index (χ0) is 12.7. The van der Waals surface area contributed by atoms with Gasteiger partial charge in [-0.05, 0) is 19.4 Å². The average molecular weight is 249 g/mol. The largest absolute Gasteiger partial charge is 0.373 e. The minimum Gasteiger partial charge on any atom is -0.373 e. The summed E-state index contributed by atoms with van der Waals surface area (Å²) in [6.07, 6.45) is 1.46. The van der Waals surface area contributed by atoms with E-state index in [-0.39, 0.29) is 23.3 Å². The molecule has 3 rings (SSSR count). The quantitative estimate of drug-likeness (QED) is 0.761. The number of nitrogens with one attached hydrogen (secondary N) is 1. The van der Waals surface area contributed by atoms with Gasteiger partial charge in [-0.2, -0.15) is 5.10 Å². The summed E-state index contributed by atoms with van der Waals surface area (Å²) in [4.78, 5) is 24.8. The highest BCUT2D eigenvalue weighted by Gasteiger charge is 2.42. The molecule has 1 aromatic heterocycles. The number of fused-ring (bicyclic) bond motifs is 1. The third-order valence-electron chi connectivity index (χ3n) is 3.61. The van der Waals surface area contributed by atoms with Crippen LogP contribution in [0.15, 0.2) is 16.9 Å². The van der Waals surface area contributed by atoms with E-state index in [1.807, 2.05) is 0 Å². The molecule has 2 fully saturated rings.